The maximum absolute atomic E-state index is 12.5. The third kappa shape index (κ3) is 3.95. The van der Waals surface area contributed by atoms with Crippen LogP contribution in [-0.2, 0) is 9.53 Å². The number of methoxy groups -OCH3 is 1. The van der Waals surface area contributed by atoms with E-state index in [2.05, 4.69) is 4.90 Å². The van der Waals surface area contributed by atoms with Gasteiger partial charge < -0.3 is 15.4 Å². The van der Waals surface area contributed by atoms with Crippen LogP contribution in [0.2, 0.25) is 0 Å². The molecule has 116 valence electrons. The number of rotatable bonds is 5. The maximum Gasteiger partial charge on any atom is 0.223 e. The largest absolute Gasteiger partial charge is 0.384 e. The lowest BCUT2D eigenvalue weighted by molar-refractivity contribution is -0.135. The molecule has 0 spiro atoms. The summed E-state index contributed by atoms with van der Waals surface area (Å²) in [6, 6.07) is 0. The lowest BCUT2D eigenvalue weighted by Crippen LogP contribution is -2.44. The minimum Gasteiger partial charge on any atom is -0.384 e. The number of carbonyl (C=O) groups excluding carboxylic acids is 1. The van der Waals surface area contributed by atoms with Crippen molar-refractivity contribution in [2.45, 2.75) is 51.4 Å². The molecule has 20 heavy (non-hydrogen) atoms. The smallest absolute Gasteiger partial charge is 0.223 e. The Bertz CT molecular complexity index is 306. The van der Waals surface area contributed by atoms with Gasteiger partial charge in [-0.15, -0.1) is 0 Å². The summed E-state index contributed by atoms with van der Waals surface area (Å²) in [5.74, 6) is 0.954. The van der Waals surface area contributed by atoms with Crippen LogP contribution >= 0.6 is 0 Å². The van der Waals surface area contributed by atoms with Gasteiger partial charge in [0.05, 0.1) is 0 Å². The van der Waals surface area contributed by atoms with Gasteiger partial charge >= 0.3 is 0 Å². The molecule has 2 aliphatic rings. The van der Waals surface area contributed by atoms with Crippen molar-refractivity contribution in [2.75, 3.05) is 33.4 Å². The van der Waals surface area contributed by atoms with Crippen LogP contribution in [0, 0.1) is 11.3 Å². The van der Waals surface area contributed by atoms with Crippen LogP contribution in [0.1, 0.15) is 51.4 Å². The van der Waals surface area contributed by atoms with Crippen LogP contribution < -0.4 is 5.73 Å². The number of amides is 1. The highest BCUT2D eigenvalue weighted by molar-refractivity contribution is 5.77. The minimum atomic E-state index is 0.0959. The normalized spacial score (nSPS) is 23.8. The Morgan fingerprint density at radius 3 is 2.45 bits per heavy atom. The van der Waals surface area contributed by atoms with Gasteiger partial charge in [0, 0.05) is 33.2 Å². The van der Waals surface area contributed by atoms with Gasteiger partial charge in [0.1, 0.15) is 0 Å². The summed E-state index contributed by atoms with van der Waals surface area (Å²) in [7, 11) is 1.76. The number of nitrogens with zero attached hydrogens (tertiary/aromatic N) is 1. The summed E-state index contributed by atoms with van der Waals surface area (Å²) < 4.78 is 5.21. The van der Waals surface area contributed by atoms with Gasteiger partial charge in [-0.3, -0.25) is 4.79 Å². The third-order valence-electron chi connectivity index (χ3n) is 5.24. The SMILES string of the molecule is COCC1CCN(C(=O)CC2(CN)CCCCC2)CC1. The minimum absolute atomic E-state index is 0.0959. The molecule has 1 aliphatic heterocycles. The number of likely N-dealkylation sites (tertiary alicyclic amines) is 1. The zero-order chi connectivity index (χ0) is 14.4. The van der Waals surface area contributed by atoms with Crippen LogP contribution in [-0.4, -0.2) is 44.2 Å². The first-order valence-electron chi connectivity index (χ1n) is 8.16. The Hall–Kier alpha value is -0.610. The van der Waals surface area contributed by atoms with Crippen LogP contribution in [0.3, 0.4) is 0 Å². The van der Waals surface area contributed by atoms with E-state index in [4.69, 9.17) is 10.5 Å². The van der Waals surface area contributed by atoms with Crippen molar-refractivity contribution < 1.29 is 9.53 Å². The molecule has 1 amide bonds. The van der Waals surface area contributed by atoms with E-state index in [0.29, 0.717) is 24.8 Å². The molecular weight excluding hydrogens is 252 g/mol. The molecule has 1 heterocycles. The van der Waals surface area contributed by atoms with E-state index in [1.54, 1.807) is 7.11 Å². The second kappa shape index (κ2) is 7.41. The standard InChI is InChI=1S/C16H30N2O2/c1-20-12-14-5-9-18(10-6-14)15(19)11-16(13-17)7-3-2-4-8-16/h14H,2-13,17H2,1H3. The molecule has 2 rings (SSSR count). The predicted octanol–water partition coefficient (Wildman–Crippen LogP) is 2.17. The average molecular weight is 282 g/mol. The van der Waals surface area contributed by atoms with Crippen LogP contribution in [0.4, 0.5) is 0 Å². The topological polar surface area (TPSA) is 55.6 Å². The van der Waals surface area contributed by atoms with Gasteiger partial charge in [-0.2, -0.15) is 0 Å². The Balaban J connectivity index is 1.82. The molecule has 0 aromatic rings. The van der Waals surface area contributed by atoms with Crippen molar-refractivity contribution in [1.82, 2.24) is 4.90 Å². The highest BCUT2D eigenvalue weighted by atomic mass is 16.5. The number of hydrogen-bond acceptors (Lipinski definition) is 3. The second-order valence-corrected chi connectivity index (χ2v) is 6.72. The Labute approximate surface area is 123 Å². The maximum atomic E-state index is 12.5. The quantitative estimate of drug-likeness (QED) is 0.841. The van der Waals surface area contributed by atoms with E-state index >= 15 is 0 Å². The lowest BCUT2D eigenvalue weighted by atomic mass is 9.71. The number of ether oxygens (including phenoxy) is 1. The van der Waals surface area contributed by atoms with Crippen molar-refractivity contribution in [3.05, 3.63) is 0 Å². The molecule has 0 atom stereocenters. The van der Waals surface area contributed by atoms with Crippen LogP contribution in [0.15, 0.2) is 0 Å². The molecular formula is C16H30N2O2. The zero-order valence-electron chi connectivity index (χ0n) is 12.9. The van der Waals surface area contributed by atoms with Gasteiger partial charge in [0.25, 0.3) is 0 Å². The fraction of sp³-hybridized carbons (Fsp3) is 0.938. The summed E-state index contributed by atoms with van der Waals surface area (Å²) in [5.41, 5.74) is 6.09. The van der Waals surface area contributed by atoms with E-state index in [9.17, 15) is 4.79 Å². The average Bonchev–Trinajstić information content (AvgIpc) is 2.49. The molecule has 4 nitrogen and oxygen atoms in total. The van der Waals surface area contributed by atoms with E-state index in [1.165, 1.54) is 19.3 Å². The van der Waals surface area contributed by atoms with E-state index in [0.717, 1.165) is 45.4 Å². The van der Waals surface area contributed by atoms with Crippen molar-refractivity contribution >= 4 is 5.91 Å². The summed E-state index contributed by atoms with van der Waals surface area (Å²) in [6.45, 7) is 3.29. The molecule has 0 unspecified atom stereocenters. The van der Waals surface area contributed by atoms with Gasteiger partial charge in [0.15, 0.2) is 0 Å². The molecule has 0 aromatic heterocycles. The Morgan fingerprint density at radius 2 is 1.90 bits per heavy atom. The molecule has 2 N–H and O–H groups in total. The van der Waals surface area contributed by atoms with Gasteiger partial charge in [-0.05, 0) is 43.6 Å². The van der Waals surface area contributed by atoms with Crippen molar-refractivity contribution in [3.8, 4) is 0 Å². The lowest BCUT2D eigenvalue weighted by Gasteiger charge is -2.39. The second-order valence-electron chi connectivity index (χ2n) is 6.72. The number of piperidine rings is 1. The van der Waals surface area contributed by atoms with E-state index in [1.807, 2.05) is 0 Å². The summed E-state index contributed by atoms with van der Waals surface area (Å²) in [4.78, 5) is 14.6. The molecule has 1 aliphatic carbocycles. The highest BCUT2D eigenvalue weighted by Crippen LogP contribution is 2.39. The first-order valence-corrected chi connectivity index (χ1v) is 8.16. The summed E-state index contributed by atoms with van der Waals surface area (Å²) in [6.07, 6.45) is 8.87. The van der Waals surface area contributed by atoms with Gasteiger partial charge in [-0.25, -0.2) is 0 Å². The summed E-state index contributed by atoms with van der Waals surface area (Å²) >= 11 is 0. The molecule has 2 fully saturated rings. The monoisotopic (exact) mass is 282 g/mol. The summed E-state index contributed by atoms with van der Waals surface area (Å²) in [5, 5.41) is 0. The van der Waals surface area contributed by atoms with Crippen LogP contribution in [0.25, 0.3) is 0 Å². The molecule has 0 aromatic carbocycles. The first kappa shape index (κ1) is 15.8. The fourth-order valence-electron chi connectivity index (χ4n) is 3.77. The van der Waals surface area contributed by atoms with Crippen molar-refractivity contribution in [1.29, 1.82) is 0 Å². The van der Waals surface area contributed by atoms with Crippen molar-refractivity contribution in [2.24, 2.45) is 17.1 Å². The Kier molecular flexibility index (Phi) is 5.85. The molecule has 4 heteroatoms. The molecule has 0 radical (unpaired) electrons. The molecule has 1 saturated heterocycles. The highest BCUT2D eigenvalue weighted by Gasteiger charge is 2.35. The van der Waals surface area contributed by atoms with E-state index in [-0.39, 0.29) is 5.41 Å². The predicted molar refractivity (Wildman–Crippen MR) is 80.4 cm³/mol. The zero-order valence-corrected chi connectivity index (χ0v) is 12.9. The van der Waals surface area contributed by atoms with Gasteiger partial charge in [0.2, 0.25) is 5.91 Å². The van der Waals surface area contributed by atoms with Crippen LogP contribution in [0.5, 0.6) is 0 Å². The molecule has 1 saturated carbocycles. The fourth-order valence-corrected chi connectivity index (χ4v) is 3.77. The van der Waals surface area contributed by atoms with Crippen molar-refractivity contribution in [3.63, 3.8) is 0 Å². The third-order valence-corrected chi connectivity index (χ3v) is 5.24. The number of hydrogen-bond donors (Lipinski definition) is 1. The Morgan fingerprint density at radius 1 is 1.25 bits per heavy atom. The van der Waals surface area contributed by atoms with Gasteiger partial charge in [-0.1, -0.05) is 19.3 Å². The van der Waals surface area contributed by atoms with E-state index < -0.39 is 0 Å². The molecule has 0 bridgehead atoms. The first-order chi connectivity index (χ1) is 9.69. The number of nitrogens with two attached hydrogens (primary N) is 1. The number of carbonyl (C=O) groups is 1.